The largest absolute Gasteiger partial charge is 0.489 e. The molecule has 27 heavy (non-hydrogen) atoms. The van der Waals surface area contributed by atoms with E-state index < -0.39 is 9.84 Å². The number of ether oxygens (including phenoxy) is 2. The number of nitrogens with zero attached hydrogens (tertiary/aromatic N) is 1. The first-order valence-electron chi connectivity index (χ1n) is 8.50. The van der Waals surface area contributed by atoms with Crippen LogP contribution >= 0.6 is 35.6 Å². The number of hydrogen-bond donors (Lipinski definition) is 2. The van der Waals surface area contributed by atoms with Gasteiger partial charge in [-0.1, -0.05) is 11.6 Å². The third-order valence-corrected chi connectivity index (χ3v) is 4.30. The molecule has 1 atom stereocenters. The SMILES string of the molecule is CCNC(=NCC(C)Oc1ccc(Cl)cc1)NCCOCCS(C)(=O)=O.I. The van der Waals surface area contributed by atoms with Crippen molar-refractivity contribution in [1.29, 1.82) is 0 Å². The van der Waals surface area contributed by atoms with Gasteiger partial charge in [0.15, 0.2) is 5.96 Å². The van der Waals surface area contributed by atoms with E-state index in [4.69, 9.17) is 21.1 Å². The third-order valence-electron chi connectivity index (χ3n) is 3.14. The molecule has 0 radical (unpaired) electrons. The topological polar surface area (TPSA) is 89.0 Å². The second-order valence-electron chi connectivity index (χ2n) is 5.77. The van der Waals surface area contributed by atoms with Gasteiger partial charge in [-0.3, -0.25) is 0 Å². The molecule has 0 saturated heterocycles. The van der Waals surface area contributed by atoms with Crippen molar-refractivity contribution >= 4 is 51.4 Å². The fourth-order valence-electron chi connectivity index (χ4n) is 1.90. The first kappa shape index (κ1) is 26.2. The zero-order chi connectivity index (χ0) is 19.4. The Bertz CT molecular complexity index is 657. The van der Waals surface area contributed by atoms with Crippen LogP contribution in [0, 0.1) is 0 Å². The Morgan fingerprint density at radius 1 is 1.22 bits per heavy atom. The fraction of sp³-hybridized carbons (Fsp3) is 0.588. The van der Waals surface area contributed by atoms with Crippen LogP contribution in [0.15, 0.2) is 29.3 Å². The van der Waals surface area contributed by atoms with Gasteiger partial charge in [0.25, 0.3) is 0 Å². The molecule has 0 aromatic heterocycles. The lowest BCUT2D eigenvalue weighted by Crippen LogP contribution is -2.39. The van der Waals surface area contributed by atoms with Crippen molar-refractivity contribution in [2.75, 3.05) is 44.9 Å². The highest BCUT2D eigenvalue weighted by Gasteiger charge is 2.05. The minimum absolute atomic E-state index is 0. The van der Waals surface area contributed by atoms with E-state index in [0.717, 1.165) is 12.3 Å². The number of nitrogens with one attached hydrogen (secondary N) is 2. The summed E-state index contributed by atoms with van der Waals surface area (Å²) >= 11 is 5.85. The first-order valence-corrected chi connectivity index (χ1v) is 10.9. The fourth-order valence-corrected chi connectivity index (χ4v) is 2.44. The van der Waals surface area contributed by atoms with Crippen molar-refractivity contribution in [3.8, 4) is 5.75 Å². The van der Waals surface area contributed by atoms with Gasteiger partial charge in [0.2, 0.25) is 0 Å². The van der Waals surface area contributed by atoms with Gasteiger partial charge in [-0.25, -0.2) is 13.4 Å². The molecule has 1 rings (SSSR count). The molecule has 0 aliphatic rings. The zero-order valence-electron chi connectivity index (χ0n) is 15.9. The Morgan fingerprint density at radius 2 is 1.89 bits per heavy atom. The molecule has 0 amide bonds. The number of aliphatic imine (C=N–C) groups is 1. The van der Waals surface area contributed by atoms with E-state index in [1.54, 1.807) is 12.1 Å². The van der Waals surface area contributed by atoms with Crippen LogP contribution in [-0.2, 0) is 14.6 Å². The smallest absolute Gasteiger partial charge is 0.191 e. The van der Waals surface area contributed by atoms with Crippen molar-refractivity contribution in [3.05, 3.63) is 29.3 Å². The van der Waals surface area contributed by atoms with Crippen LogP contribution in [0.1, 0.15) is 13.8 Å². The summed E-state index contributed by atoms with van der Waals surface area (Å²) < 4.78 is 33.1. The maximum atomic E-state index is 11.0. The standard InChI is InChI=1S/C17H28ClN3O4S.HI/c1-4-19-17(20-9-10-24-11-12-26(3,22)23)21-13-14(2)25-16-7-5-15(18)6-8-16;/h5-8,14H,4,9-13H2,1-3H3,(H2,19,20,21);1H. The van der Waals surface area contributed by atoms with E-state index in [-0.39, 0.29) is 42.4 Å². The predicted molar refractivity (Wildman–Crippen MR) is 121 cm³/mol. The lowest BCUT2D eigenvalue weighted by Gasteiger charge is -2.15. The minimum Gasteiger partial charge on any atom is -0.489 e. The van der Waals surface area contributed by atoms with Crippen LogP contribution in [-0.4, -0.2) is 65.3 Å². The number of benzene rings is 1. The molecule has 10 heteroatoms. The molecule has 1 aromatic carbocycles. The summed E-state index contributed by atoms with van der Waals surface area (Å²) in [6.07, 6.45) is 1.09. The number of rotatable bonds is 11. The lowest BCUT2D eigenvalue weighted by atomic mass is 10.3. The quantitative estimate of drug-likeness (QED) is 0.196. The van der Waals surface area contributed by atoms with Crippen molar-refractivity contribution in [3.63, 3.8) is 0 Å². The Labute approximate surface area is 184 Å². The summed E-state index contributed by atoms with van der Waals surface area (Å²) in [5, 5.41) is 6.94. The zero-order valence-corrected chi connectivity index (χ0v) is 19.8. The number of hydrogen-bond acceptors (Lipinski definition) is 5. The van der Waals surface area contributed by atoms with Crippen LogP contribution in [0.3, 0.4) is 0 Å². The van der Waals surface area contributed by atoms with Crippen LogP contribution < -0.4 is 15.4 Å². The summed E-state index contributed by atoms with van der Waals surface area (Å²) in [5.74, 6) is 1.43. The summed E-state index contributed by atoms with van der Waals surface area (Å²) in [5.41, 5.74) is 0. The van der Waals surface area contributed by atoms with Crippen LogP contribution in [0.4, 0.5) is 0 Å². The molecule has 156 valence electrons. The summed E-state index contributed by atoms with van der Waals surface area (Å²) in [7, 11) is -2.99. The molecule has 0 spiro atoms. The number of sulfone groups is 1. The van der Waals surface area contributed by atoms with E-state index in [9.17, 15) is 8.42 Å². The van der Waals surface area contributed by atoms with Crippen LogP contribution in [0.25, 0.3) is 0 Å². The normalized spacial score (nSPS) is 12.8. The summed E-state index contributed by atoms with van der Waals surface area (Å²) in [4.78, 5) is 4.48. The average Bonchev–Trinajstić information content (AvgIpc) is 2.56. The highest BCUT2D eigenvalue weighted by Crippen LogP contribution is 2.16. The van der Waals surface area contributed by atoms with E-state index in [2.05, 4.69) is 15.6 Å². The Kier molecular flexibility index (Phi) is 13.8. The second-order valence-corrected chi connectivity index (χ2v) is 8.47. The van der Waals surface area contributed by atoms with Gasteiger partial charge in [0.05, 0.1) is 25.5 Å². The average molecular weight is 534 g/mol. The molecule has 0 saturated carbocycles. The molecule has 0 fully saturated rings. The van der Waals surface area contributed by atoms with Crippen LogP contribution in [0.2, 0.25) is 5.02 Å². The molecule has 0 heterocycles. The van der Waals surface area contributed by atoms with E-state index in [0.29, 0.717) is 30.7 Å². The van der Waals surface area contributed by atoms with Gasteiger partial charge in [-0.2, -0.15) is 0 Å². The molecular weight excluding hydrogens is 505 g/mol. The highest BCUT2D eigenvalue weighted by atomic mass is 127. The van der Waals surface area contributed by atoms with Crippen molar-refractivity contribution in [2.45, 2.75) is 20.0 Å². The monoisotopic (exact) mass is 533 g/mol. The highest BCUT2D eigenvalue weighted by molar-refractivity contribution is 14.0. The Morgan fingerprint density at radius 3 is 2.48 bits per heavy atom. The Balaban J connectivity index is 0.00000676. The summed E-state index contributed by atoms with van der Waals surface area (Å²) in [6.45, 7) is 6.25. The van der Waals surface area contributed by atoms with E-state index >= 15 is 0 Å². The van der Waals surface area contributed by atoms with Gasteiger partial charge in [-0.05, 0) is 38.1 Å². The third kappa shape index (κ3) is 14.0. The molecule has 0 bridgehead atoms. The molecule has 1 aromatic rings. The second kappa shape index (κ2) is 14.3. The molecular formula is C17H29ClIN3O4S. The van der Waals surface area contributed by atoms with Gasteiger partial charge in [0, 0.05) is 24.4 Å². The van der Waals surface area contributed by atoms with Gasteiger partial charge < -0.3 is 20.1 Å². The molecule has 0 aliphatic carbocycles. The number of guanidine groups is 1. The van der Waals surface area contributed by atoms with E-state index in [1.165, 1.54) is 6.26 Å². The van der Waals surface area contributed by atoms with Crippen molar-refractivity contribution in [1.82, 2.24) is 10.6 Å². The van der Waals surface area contributed by atoms with Crippen LogP contribution in [0.5, 0.6) is 5.75 Å². The van der Waals surface area contributed by atoms with Gasteiger partial charge in [-0.15, -0.1) is 24.0 Å². The first-order chi connectivity index (χ1) is 12.3. The lowest BCUT2D eigenvalue weighted by molar-refractivity contribution is 0.154. The van der Waals surface area contributed by atoms with Gasteiger partial charge >= 0.3 is 0 Å². The van der Waals surface area contributed by atoms with Crippen molar-refractivity contribution < 1.29 is 17.9 Å². The molecule has 2 N–H and O–H groups in total. The number of halogens is 2. The van der Waals surface area contributed by atoms with Crippen molar-refractivity contribution in [2.24, 2.45) is 4.99 Å². The predicted octanol–water partition coefficient (Wildman–Crippen LogP) is 2.34. The Hall–Kier alpha value is -0.780. The van der Waals surface area contributed by atoms with Gasteiger partial charge in [0.1, 0.15) is 21.7 Å². The minimum atomic E-state index is -2.99. The molecule has 0 aliphatic heterocycles. The molecule has 1 unspecified atom stereocenters. The molecule has 7 nitrogen and oxygen atoms in total. The maximum Gasteiger partial charge on any atom is 0.191 e. The summed E-state index contributed by atoms with van der Waals surface area (Å²) in [6, 6.07) is 7.20. The maximum absolute atomic E-state index is 11.0. The van der Waals surface area contributed by atoms with E-state index in [1.807, 2.05) is 26.0 Å².